The largest absolute Gasteiger partial charge is 0.346 e. The molecule has 2 aromatic heterocycles. The van der Waals surface area contributed by atoms with Crippen LogP contribution in [-0.2, 0) is 30.8 Å². The highest BCUT2D eigenvalue weighted by atomic mass is 19.1. The van der Waals surface area contributed by atoms with Crippen LogP contribution in [0, 0.1) is 5.82 Å². The monoisotopic (exact) mass is 440 g/mol. The first-order chi connectivity index (χ1) is 15.5. The number of aryl methyl sites for hydroxylation is 2. The lowest BCUT2D eigenvalue weighted by atomic mass is 10.1. The second kappa shape index (κ2) is 9.50. The molecule has 0 radical (unpaired) electrons. The summed E-state index contributed by atoms with van der Waals surface area (Å²) in [5, 5.41) is 8.80. The van der Waals surface area contributed by atoms with E-state index in [1.165, 1.54) is 16.8 Å². The van der Waals surface area contributed by atoms with Crippen molar-refractivity contribution in [3.8, 4) is 0 Å². The molecule has 1 aliphatic rings. The number of benzene rings is 1. The van der Waals surface area contributed by atoms with Gasteiger partial charge in [0.15, 0.2) is 0 Å². The molecule has 170 valence electrons. The molecule has 0 bridgehead atoms. The van der Waals surface area contributed by atoms with Crippen molar-refractivity contribution in [1.29, 1.82) is 0 Å². The Hall–Kier alpha value is -3.23. The van der Waals surface area contributed by atoms with Crippen molar-refractivity contribution >= 4 is 5.91 Å². The minimum atomic E-state index is -0.581. The van der Waals surface area contributed by atoms with Crippen molar-refractivity contribution in [1.82, 2.24) is 29.0 Å². The van der Waals surface area contributed by atoms with E-state index in [2.05, 4.69) is 10.2 Å². The number of carbonyl (C=O) groups excluding carboxylic acids is 1. The molecule has 9 heteroatoms. The van der Waals surface area contributed by atoms with Crippen LogP contribution in [0.25, 0.3) is 0 Å². The molecule has 0 saturated carbocycles. The Bertz CT molecular complexity index is 1150. The topological polar surface area (TPSA) is 78.0 Å². The van der Waals surface area contributed by atoms with E-state index < -0.39 is 6.04 Å². The molecular formula is C23H29FN6O2. The van der Waals surface area contributed by atoms with E-state index in [9.17, 15) is 14.0 Å². The van der Waals surface area contributed by atoms with Gasteiger partial charge in [0, 0.05) is 37.8 Å². The zero-order chi connectivity index (χ0) is 22.7. The molecule has 4 rings (SSSR count). The SMILES string of the molecule is CCN(Cc1cnn(CC)c1)C(=O)C1CCCCc2nn(Cc3cccc(F)c3)c(=O)n21. The number of likely N-dealkylation sites (N-methyl/N-ethyl adjacent to an activating group) is 1. The second-order valence-corrected chi connectivity index (χ2v) is 8.17. The van der Waals surface area contributed by atoms with Gasteiger partial charge in [-0.25, -0.2) is 13.9 Å². The Morgan fingerprint density at radius 3 is 2.81 bits per heavy atom. The van der Waals surface area contributed by atoms with Crippen LogP contribution in [0.2, 0.25) is 0 Å². The fraction of sp³-hybridized carbons (Fsp3) is 0.478. The van der Waals surface area contributed by atoms with Gasteiger partial charge in [0.2, 0.25) is 5.91 Å². The molecule has 0 fully saturated rings. The van der Waals surface area contributed by atoms with Crippen molar-refractivity contribution in [2.45, 2.75) is 65.2 Å². The minimum Gasteiger partial charge on any atom is -0.337 e. The molecule has 0 saturated heterocycles. The van der Waals surface area contributed by atoms with Crippen LogP contribution in [0.1, 0.15) is 56.1 Å². The summed E-state index contributed by atoms with van der Waals surface area (Å²) < 4.78 is 18.3. The number of halogens is 1. The lowest BCUT2D eigenvalue weighted by Crippen LogP contribution is -2.40. The van der Waals surface area contributed by atoms with Crippen LogP contribution in [-0.4, -0.2) is 41.5 Å². The summed E-state index contributed by atoms with van der Waals surface area (Å²) in [6.07, 6.45) is 6.69. The zero-order valence-electron chi connectivity index (χ0n) is 18.6. The van der Waals surface area contributed by atoms with Crippen LogP contribution in [0.15, 0.2) is 41.5 Å². The third-order valence-electron chi connectivity index (χ3n) is 5.96. The maximum atomic E-state index is 13.6. The fourth-order valence-electron chi connectivity index (χ4n) is 4.28. The van der Waals surface area contributed by atoms with Crippen LogP contribution in [0.4, 0.5) is 4.39 Å². The van der Waals surface area contributed by atoms with E-state index >= 15 is 0 Å². The van der Waals surface area contributed by atoms with Crippen LogP contribution in [0.5, 0.6) is 0 Å². The summed E-state index contributed by atoms with van der Waals surface area (Å²) in [5.74, 6) is 0.193. The minimum absolute atomic E-state index is 0.0766. The predicted molar refractivity (Wildman–Crippen MR) is 118 cm³/mol. The first kappa shape index (κ1) is 22.0. The summed E-state index contributed by atoms with van der Waals surface area (Å²) >= 11 is 0. The van der Waals surface area contributed by atoms with E-state index in [0.717, 1.165) is 24.9 Å². The maximum Gasteiger partial charge on any atom is 0.346 e. The molecule has 32 heavy (non-hydrogen) atoms. The lowest BCUT2D eigenvalue weighted by Gasteiger charge is -2.26. The van der Waals surface area contributed by atoms with Crippen LogP contribution in [0.3, 0.4) is 0 Å². The fourth-order valence-corrected chi connectivity index (χ4v) is 4.28. The van der Waals surface area contributed by atoms with Crippen LogP contribution < -0.4 is 5.69 Å². The van der Waals surface area contributed by atoms with Crippen molar-refractivity contribution in [2.75, 3.05) is 6.54 Å². The molecule has 1 aromatic carbocycles. The van der Waals surface area contributed by atoms with Gasteiger partial charge in [-0.05, 0) is 44.4 Å². The Balaban J connectivity index is 1.61. The van der Waals surface area contributed by atoms with Crippen molar-refractivity contribution in [3.05, 3.63) is 69.9 Å². The average Bonchev–Trinajstić information content (AvgIpc) is 3.29. The molecule has 0 N–H and O–H groups in total. The van der Waals surface area contributed by atoms with Gasteiger partial charge in [-0.2, -0.15) is 10.2 Å². The molecule has 1 atom stereocenters. The zero-order valence-corrected chi connectivity index (χ0v) is 18.6. The molecule has 3 heterocycles. The number of rotatable bonds is 7. The van der Waals surface area contributed by atoms with Gasteiger partial charge in [0.25, 0.3) is 0 Å². The Kier molecular flexibility index (Phi) is 6.53. The molecule has 3 aromatic rings. The second-order valence-electron chi connectivity index (χ2n) is 8.17. The summed E-state index contributed by atoms with van der Waals surface area (Å²) in [7, 11) is 0. The smallest absolute Gasteiger partial charge is 0.337 e. The normalized spacial score (nSPS) is 15.9. The van der Waals surface area contributed by atoms with Gasteiger partial charge in [0.05, 0.1) is 12.7 Å². The molecule has 0 spiro atoms. The average molecular weight is 441 g/mol. The van der Waals surface area contributed by atoms with Gasteiger partial charge >= 0.3 is 5.69 Å². The highest BCUT2D eigenvalue weighted by Gasteiger charge is 2.32. The highest BCUT2D eigenvalue weighted by Crippen LogP contribution is 2.24. The third-order valence-corrected chi connectivity index (χ3v) is 5.96. The quantitative estimate of drug-likeness (QED) is 0.566. The molecule has 1 amide bonds. The van der Waals surface area contributed by atoms with Gasteiger partial charge < -0.3 is 4.90 Å². The first-order valence-electron chi connectivity index (χ1n) is 11.2. The van der Waals surface area contributed by atoms with E-state index in [0.29, 0.717) is 37.3 Å². The number of aromatic nitrogens is 5. The standard InChI is InChI=1S/C23H29FN6O2/c1-3-27(14-18-13-25-28(4-2)15-18)22(31)20-10-5-6-11-21-26-29(23(32)30(20)21)16-17-8-7-9-19(24)12-17/h7-9,12-13,15,20H,3-6,10-11,14,16H2,1-2H3. The van der Waals surface area contributed by atoms with E-state index in [1.54, 1.807) is 27.8 Å². The number of hydrogen-bond acceptors (Lipinski definition) is 4. The maximum absolute atomic E-state index is 13.6. The van der Waals surface area contributed by atoms with Gasteiger partial charge in [0.1, 0.15) is 17.7 Å². The van der Waals surface area contributed by atoms with Crippen LogP contribution >= 0.6 is 0 Å². The van der Waals surface area contributed by atoms with E-state index in [1.807, 2.05) is 24.7 Å². The number of fused-ring (bicyclic) bond motifs is 1. The van der Waals surface area contributed by atoms with Crippen molar-refractivity contribution < 1.29 is 9.18 Å². The molecule has 1 aliphatic heterocycles. The lowest BCUT2D eigenvalue weighted by molar-refractivity contribution is -0.135. The number of amides is 1. The Morgan fingerprint density at radius 2 is 2.09 bits per heavy atom. The summed E-state index contributed by atoms with van der Waals surface area (Å²) in [4.78, 5) is 28.6. The number of nitrogens with zero attached hydrogens (tertiary/aromatic N) is 6. The van der Waals surface area contributed by atoms with Gasteiger partial charge in [-0.3, -0.25) is 14.0 Å². The Labute approximate surface area is 186 Å². The van der Waals surface area contributed by atoms with Gasteiger partial charge in [-0.1, -0.05) is 18.6 Å². The first-order valence-corrected chi connectivity index (χ1v) is 11.2. The van der Waals surface area contributed by atoms with Crippen molar-refractivity contribution in [3.63, 3.8) is 0 Å². The molecule has 1 unspecified atom stereocenters. The van der Waals surface area contributed by atoms with E-state index in [-0.39, 0.29) is 24.0 Å². The van der Waals surface area contributed by atoms with Gasteiger partial charge in [-0.15, -0.1) is 0 Å². The Morgan fingerprint density at radius 1 is 1.25 bits per heavy atom. The highest BCUT2D eigenvalue weighted by molar-refractivity contribution is 5.80. The molecule has 8 nitrogen and oxygen atoms in total. The number of hydrogen-bond donors (Lipinski definition) is 0. The summed E-state index contributed by atoms with van der Waals surface area (Å²) in [5.41, 5.74) is 1.30. The van der Waals surface area contributed by atoms with E-state index in [4.69, 9.17) is 0 Å². The predicted octanol–water partition coefficient (Wildman–Crippen LogP) is 2.76. The van der Waals surface area contributed by atoms with Crippen molar-refractivity contribution in [2.24, 2.45) is 0 Å². The number of carbonyl (C=O) groups is 1. The summed E-state index contributed by atoms with van der Waals surface area (Å²) in [6.45, 7) is 5.88. The summed E-state index contributed by atoms with van der Waals surface area (Å²) in [6, 6.07) is 5.56. The molecular weight excluding hydrogens is 411 g/mol. The third kappa shape index (κ3) is 4.51. The molecule has 0 aliphatic carbocycles.